The lowest BCUT2D eigenvalue weighted by Gasteiger charge is -2.38. The van der Waals surface area contributed by atoms with E-state index in [0.717, 1.165) is 32.4 Å². The zero-order valence-corrected chi connectivity index (χ0v) is 11.1. The molecule has 1 heterocycles. The van der Waals surface area contributed by atoms with Crippen molar-refractivity contribution in [1.82, 2.24) is 4.90 Å². The van der Waals surface area contributed by atoms with Gasteiger partial charge in [0, 0.05) is 13.1 Å². The van der Waals surface area contributed by atoms with Gasteiger partial charge >= 0.3 is 0 Å². The molecule has 0 saturated carbocycles. The van der Waals surface area contributed by atoms with Gasteiger partial charge in [-0.2, -0.15) is 0 Å². The third-order valence-electron chi connectivity index (χ3n) is 3.97. The third-order valence-corrected chi connectivity index (χ3v) is 3.97. The molecule has 0 aromatic heterocycles. The lowest BCUT2D eigenvalue weighted by molar-refractivity contribution is -0.135. The van der Waals surface area contributed by atoms with Crippen molar-refractivity contribution in [3.8, 4) is 0 Å². The number of nitrogens with two attached hydrogens (primary N) is 1. The molecule has 1 amide bonds. The van der Waals surface area contributed by atoms with Crippen LogP contribution in [0.15, 0.2) is 0 Å². The molecule has 1 rings (SSSR count). The van der Waals surface area contributed by atoms with E-state index in [1.807, 2.05) is 4.90 Å². The van der Waals surface area contributed by atoms with Gasteiger partial charge in [0.1, 0.15) is 0 Å². The molecule has 0 aromatic rings. The van der Waals surface area contributed by atoms with Crippen molar-refractivity contribution >= 4 is 5.91 Å². The van der Waals surface area contributed by atoms with Gasteiger partial charge in [-0.1, -0.05) is 34.1 Å². The maximum absolute atomic E-state index is 12.1. The Balaban J connectivity index is 2.50. The van der Waals surface area contributed by atoms with Gasteiger partial charge in [0.05, 0.1) is 6.04 Å². The minimum Gasteiger partial charge on any atom is -0.341 e. The number of nitrogens with zero attached hydrogens (tertiary/aromatic N) is 1. The molecule has 1 saturated heterocycles. The fourth-order valence-corrected chi connectivity index (χ4v) is 2.04. The molecule has 0 spiro atoms. The molecule has 2 atom stereocenters. The van der Waals surface area contributed by atoms with Crippen LogP contribution >= 0.6 is 0 Å². The molecule has 16 heavy (non-hydrogen) atoms. The monoisotopic (exact) mass is 226 g/mol. The van der Waals surface area contributed by atoms with Gasteiger partial charge in [-0.15, -0.1) is 0 Å². The minimum atomic E-state index is -0.314. The number of carbonyl (C=O) groups is 1. The third kappa shape index (κ3) is 3.21. The zero-order valence-electron chi connectivity index (χ0n) is 11.1. The Morgan fingerprint density at radius 2 is 1.88 bits per heavy atom. The lowest BCUT2D eigenvalue weighted by Crippen LogP contribution is -2.50. The first-order valence-electron chi connectivity index (χ1n) is 6.42. The fraction of sp³-hybridized carbons (Fsp3) is 0.923. The summed E-state index contributed by atoms with van der Waals surface area (Å²) in [5.41, 5.74) is 6.36. The number of amides is 1. The van der Waals surface area contributed by atoms with Crippen molar-refractivity contribution in [3.63, 3.8) is 0 Å². The maximum atomic E-state index is 12.1. The first-order valence-corrected chi connectivity index (χ1v) is 6.42. The van der Waals surface area contributed by atoms with E-state index in [2.05, 4.69) is 27.7 Å². The van der Waals surface area contributed by atoms with Crippen molar-refractivity contribution in [2.75, 3.05) is 13.1 Å². The fourth-order valence-electron chi connectivity index (χ4n) is 2.04. The topological polar surface area (TPSA) is 46.3 Å². The second kappa shape index (κ2) is 5.17. The Morgan fingerprint density at radius 1 is 1.38 bits per heavy atom. The van der Waals surface area contributed by atoms with Crippen LogP contribution in [0.2, 0.25) is 0 Å². The first-order chi connectivity index (χ1) is 7.37. The summed E-state index contributed by atoms with van der Waals surface area (Å²) in [6, 6.07) is -0.314. The molecule has 0 unspecified atom stereocenters. The highest BCUT2D eigenvalue weighted by atomic mass is 16.2. The summed E-state index contributed by atoms with van der Waals surface area (Å²) in [5.74, 6) is 0.423. The zero-order chi connectivity index (χ0) is 12.3. The van der Waals surface area contributed by atoms with Gasteiger partial charge in [-0.3, -0.25) is 4.79 Å². The number of hydrogen-bond donors (Lipinski definition) is 1. The normalized spacial score (nSPS) is 23.9. The van der Waals surface area contributed by atoms with Gasteiger partial charge in [0.25, 0.3) is 0 Å². The molecule has 2 N–H and O–H groups in total. The molecule has 1 aliphatic rings. The molecular weight excluding hydrogens is 200 g/mol. The quantitative estimate of drug-likeness (QED) is 0.800. The number of piperidine rings is 1. The van der Waals surface area contributed by atoms with Crippen LogP contribution < -0.4 is 5.73 Å². The molecular formula is C13H26N2O. The summed E-state index contributed by atoms with van der Waals surface area (Å²) >= 11 is 0. The summed E-state index contributed by atoms with van der Waals surface area (Å²) in [4.78, 5) is 14.1. The molecule has 0 aromatic carbocycles. The van der Waals surface area contributed by atoms with E-state index in [1.165, 1.54) is 0 Å². The second-order valence-corrected chi connectivity index (χ2v) is 5.90. The Labute approximate surface area is 99.4 Å². The SMILES string of the molecule is CC[C@H](C)[C@H](N)C(=O)N1CCC(C)(C)CC1. The van der Waals surface area contributed by atoms with Crippen molar-refractivity contribution < 1.29 is 4.79 Å². The lowest BCUT2D eigenvalue weighted by atomic mass is 9.82. The minimum absolute atomic E-state index is 0.143. The Hall–Kier alpha value is -0.570. The highest BCUT2D eigenvalue weighted by molar-refractivity contribution is 5.82. The molecule has 1 fully saturated rings. The van der Waals surface area contributed by atoms with Crippen LogP contribution in [-0.4, -0.2) is 29.9 Å². The molecule has 0 radical (unpaired) electrons. The Bertz CT molecular complexity index is 240. The van der Waals surface area contributed by atoms with Crippen LogP contribution in [0.1, 0.15) is 47.0 Å². The van der Waals surface area contributed by atoms with Gasteiger partial charge in [0.15, 0.2) is 0 Å². The maximum Gasteiger partial charge on any atom is 0.239 e. The average Bonchev–Trinajstić information content (AvgIpc) is 2.26. The second-order valence-electron chi connectivity index (χ2n) is 5.90. The Morgan fingerprint density at radius 3 is 2.31 bits per heavy atom. The molecule has 94 valence electrons. The van der Waals surface area contributed by atoms with Crippen LogP contribution in [0.4, 0.5) is 0 Å². The summed E-state index contributed by atoms with van der Waals surface area (Å²) in [6.07, 6.45) is 3.14. The van der Waals surface area contributed by atoms with E-state index in [1.54, 1.807) is 0 Å². The smallest absolute Gasteiger partial charge is 0.239 e. The molecule has 3 nitrogen and oxygen atoms in total. The van der Waals surface area contributed by atoms with Crippen molar-refractivity contribution in [1.29, 1.82) is 0 Å². The number of carbonyl (C=O) groups excluding carboxylic acids is 1. The van der Waals surface area contributed by atoms with Crippen LogP contribution in [0.5, 0.6) is 0 Å². The van der Waals surface area contributed by atoms with Crippen LogP contribution in [0.3, 0.4) is 0 Å². The Kier molecular flexibility index (Phi) is 4.36. The van der Waals surface area contributed by atoms with Crippen LogP contribution in [0.25, 0.3) is 0 Å². The van der Waals surface area contributed by atoms with Crippen LogP contribution in [0, 0.1) is 11.3 Å². The predicted octanol–water partition coefficient (Wildman–Crippen LogP) is 2.01. The molecule has 0 bridgehead atoms. The summed E-state index contributed by atoms with van der Waals surface area (Å²) in [7, 11) is 0. The summed E-state index contributed by atoms with van der Waals surface area (Å²) in [6.45, 7) is 10.4. The first kappa shape index (κ1) is 13.5. The molecule has 0 aliphatic carbocycles. The highest BCUT2D eigenvalue weighted by Gasteiger charge is 2.31. The predicted molar refractivity (Wildman–Crippen MR) is 67.0 cm³/mol. The van der Waals surface area contributed by atoms with E-state index in [-0.39, 0.29) is 17.9 Å². The number of likely N-dealkylation sites (tertiary alicyclic amines) is 1. The summed E-state index contributed by atoms with van der Waals surface area (Å²) in [5, 5.41) is 0. The summed E-state index contributed by atoms with van der Waals surface area (Å²) < 4.78 is 0. The van der Waals surface area contributed by atoms with Gasteiger partial charge < -0.3 is 10.6 Å². The van der Waals surface area contributed by atoms with E-state index < -0.39 is 0 Å². The van der Waals surface area contributed by atoms with Gasteiger partial charge in [-0.05, 0) is 24.2 Å². The average molecular weight is 226 g/mol. The van der Waals surface area contributed by atoms with E-state index in [9.17, 15) is 4.79 Å². The van der Waals surface area contributed by atoms with Crippen molar-refractivity contribution in [2.45, 2.75) is 53.0 Å². The molecule has 1 aliphatic heterocycles. The van der Waals surface area contributed by atoms with E-state index >= 15 is 0 Å². The standard InChI is InChI=1S/C13H26N2O/c1-5-10(2)11(14)12(16)15-8-6-13(3,4)7-9-15/h10-11H,5-9,14H2,1-4H3/t10-,11-/m0/s1. The van der Waals surface area contributed by atoms with E-state index in [4.69, 9.17) is 5.73 Å². The van der Waals surface area contributed by atoms with Gasteiger partial charge in [0.2, 0.25) is 5.91 Å². The van der Waals surface area contributed by atoms with Crippen molar-refractivity contribution in [2.24, 2.45) is 17.1 Å². The number of hydrogen-bond acceptors (Lipinski definition) is 2. The van der Waals surface area contributed by atoms with Gasteiger partial charge in [-0.25, -0.2) is 0 Å². The van der Waals surface area contributed by atoms with E-state index in [0.29, 0.717) is 5.41 Å². The highest BCUT2D eigenvalue weighted by Crippen LogP contribution is 2.30. The molecule has 3 heteroatoms. The van der Waals surface area contributed by atoms with Crippen molar-refractivity contribution in [3.05, 3.63) is 0 Å². The van der Waals surface area contributed by atoms with Crippen LogP contribution in [-0.2, 0) is 4.79 Å². The number of rotatable bonds is 3. The largest absolute Gasteiger partial charge is 0.341 e.